The number of benzene rings is 1. The van der Waals surface area contributed by atoms with Crippen molar-refractivity contribution in [3.63, 3.8) is 0 Å². The predicted molar refractivity (Wildman–Crippen MR) is 76.1 cm³/mol. The van der Waals surface area contributed by atoms with Gasteiger partial charge in [-0.15, -0.1) is 0 Å². The smallest absolute Gasteiger partial charge is 0.408 e. The van der Waals surface area contributed by atoms with Crippen LogP contribution in [0.15, 0.2) is 24.3 Å². The summed E-state index contributed by atoms with van der Waals surface area (Å²) in [5.41, 5.74) is -0.578. The number of aliphatic hydroxyl groups is 1. The van der Waals surface area contributed by atoms with Crippen LogP contribution in [0.5, 0.6) is 5.75 Å². The van der Waals surface area contributed by atoms with Gasteiger partial charge in [-0.3, -0.25) is 0 Å². The second-order valence-electron chi connectivity index (χ2n) is 5.63. The zero-order valence-electron chi connectivity index (χ0n) is 13.0. The number of carbonyl (C=O) groups excluding carboxylic acids is 2. The largest absolute Gasteiger partial charge is 0.548 e. The molecule has 0 spiro atoms. The lowest BCUT2D eigenvalue weighted by Gasteiger charge is -2.28. The molecule has 122 valence electrons. The third kappa shape index (κ3) is 4.92. The Morgan fingerprint density at radius 1 is 1.27 bits per heavy atom. The van der Waals surface area contributed by atoms with Gasteiger partial charge in [0.15, 0.2) is 0 Å². The molecule has 0 aliphatic heterocycles. The van der Waals surface area contributed by atoms with Gasteiger partial charge >= 0.3 is 6.09 Å². The van der Waals surface area contributed by atoms with Crippen molar-refractivity contribution >= 4 is 12.1 Å². The molecule has 0 radical (unpaired) electrons. The number of amides is 1. The first-order chi connectivity index (χ1) is 10.2. The number of nitrogens with one attached hydrogen (secondary N) is 1. The standard InChI is InChI=1S/C15H21NO6/c1-15(2,3)22-14(20)16-11(13(18)19)12(17)9-7-5-6-8-10(9)21-4/h5-8,11-12,17H,1-4H3,(H,16,20)(H,18,19)/p-1/t11-,12+/m0/s1. The predicted octanol–water partition coefficient (Wildman–Crippen LogP) is 0.372. The van der Waals surface area contributed by atoms with E-state index in [0.29, 0.717) is 5.75 Å². The highest BCUT2D eigenvalue weighted by atomic mass is 16.6. The lowest BCUT2D eigenvalue weighted by molar-refractivity contribution is -0.310. The van der Waals surface area contributed by atoms with E-state index in [1.165, 1.54) is 13.2 Å². The molecule has 7 heteroatoms. The molecule has 0 bridgehead atoms. The highest BCUT2D eigenvalue weighted by Crippen LogP contribution is 2.27. The van der Waals surface area contributed by atoms with Crippen LogP contribution in [-0.2, 0) is 9.53 Å². The summed E-state index contributed by atoms with van der Waals surface area (Å²) in [6.07, 6.45) is -2.51. The van der Waals surface area contributed by atoms with Gasteiger partial charge in [0, 0.05) is 5.56 Å². The van der Waals surface area contributed by atoms with Crippen LogP contribution in [-0.4, -0.2) is 35.9 Å². The minimum Gasteiger partial charge on any atom is -0.548 e. The molecular weight excluding hydrogens is 290 g/mol. The zero-order chi connectivity index (χ0) is 16.9. The van der Waals surface area contributed by atoms with Gasteiger partial charge < -0.3 is 29.8 Å². The SMILES string of the molecule is COc1ccccc1[C@@H](O)[C@H](NC(=O)OC(C)(C)C)C(=O)[O-]. The molecule has 0 saturated carbocycles. The number of hydrogen-bond acceptors (Lipinski definition) is 6. The van der Waals surface area contributed by atoms with Gasteiger partial charge in [-0.2, -0.15) is 0 Å². The van der Waals surface area contributed by atoms with Gasteiger partial charge in [-0.1, -0.05) is 18.2 Å². The number of aliphatic hydroxyl groups excluding tert-OH is 1. The average molecular weight is 310 g/mol. The Morgan fingerprint density at radius 2 is 1.86 bits per heavy atom. The molecule has 1 aromatic carbocycles. The van der Waals surface area contributed by atoms with Crippen LogP contribution in [0, 0.1) is 0 Å². The summed E-state index contributed by atoms with van der Waals surface area (Å²) in [5, 5.41) is 23.6. The highest BCUT2D eigenvalue weighted by molar-refractivity contribution is 5.79. The quantitative estimate of drug-likeness (QED) is 0.813. The molecule has 0 aromatic heterocycles. The minimum atomic E-state index is -1.67. The van der Waals surface area contributed by atoms with Crippen molar-refractivity contribution < 1.29 is 29.3 Å². The van der Waals surface area contributed by atoms with Gasteiger partial charge in [-0.05, 0) is 26.8 Å². The summed E-state index contributed by atoms with van der Waals surface area (Å²) in [4.78, 5) is 22.9. The molecule has 0 unspecified atom stereocenters. The van der Waals surface area contributed by atoms with Crippen molar-refractivity contribution in [3.8, 4) is 5.75 Å². The number of rotatable bonds is 5. The molecule has 0 aliphatic carbocycles. The number of hydrogen-bond donors (Lipinski definition) is 2. The third-order valence-corrected chi connectivity index (χ3v) is 2.70. The number of ether oxygens (including phenoxy) is 2. The van der Waals surface area contributed by atoms with Crippen LogP contribution in [0.1, 0.15) is 32.4 Å². The van der Waals surface area contributed by atoms with Gasteiger partial charge in [0.25, 0.3) is 0 Å². The Bertz CT molecular complexity index is 537. The van der Waals surface area contributed by atoms with Crippen LogP contribution < -0.4 is 15.2 Å². The zero-order valence-corrected chi connectivity index (χ0v) is 13.0. The highest BCUT2D eigenvalue weighted by Gasteiger charge is 2.28. The third-order valence-electron chi connectivity index (χ3n) is 2.70. The van der Waals surface area contributed by atoms with Crippen molar-refractivity contribution in [1.29, 1.82) is 0 Å². The fourth-order valence-corrected chi connectivity index (χ4v) is 1.79. The van der Waals surface area contributed by atoms with Gasteiger partial charge in [-0.25, -0.2) is 4.79 Å². The van der Waals surface area contributed by atoms with Gasteiger partial charge in [0.1, 0.15) is 23.5 Å². The molecule has 22 heavy (non-hydrogen) atoms. The van der Waals surface area contributed by atoms with Gasteiger partial charge in [0.2, 0.25) is 0 Å². The monoisotopic (exact) mass is 310 g/mol. The van der Waals surface area contributed by atoms with Crippen LogP contribution in [0.2, 0.25) is 0 Å². The lowest BCUT2D eigenvalue weighted by atomic mass is 10.0. The van der Waals surface area contributed by atoms with Crippen molar-refractivity contribution in [2.24, 2.45) is 0 Å². The molecule has 0 heterocycles. The number of para-hydroxylation sites is 1. The molecule has 0 saturated heterocycles. The summed E-state index contributed by atoms with van der Waals surface area (Å²) in [5.74, 6) is -1.34. The molecule has 1 aromatic rings. The van der Waals surface area contributed by atoms with E-state index < -0.39 is 29.8 Å². The minimum absolute atomic E-state index is 0.218. The number of aliphatic carboxylic acids is 1. The van der Waals surface area contributed by atoms with E-state index >= 15 is 0 Å². The first-order valence-corrected chi connectivity index (χ1v) is 6.67. The second-order valence-corrected chi connectivity index (χ2v) is 5.63. The number of carboxylic acids is 1. The fraction of sp³-hybridized carbons (Fsp3) is 0.467. The Labute approximate surface area is 128 Å². The molecule has 0 fully saturated rings. The summed E-state index contributed by atoms with van der Waals surface area (Å²) in [6.45, 7) is 4.91. The molecule has 1 amide bonds. The van der Waals surface area contributed by atoms with E-state index in [9.17, 15) is 19.8 Å². The topological polar surface area (TPSA) is 108 Å². The van der Waals surface area contributed by atoms with Crippen molar-refractivity contribution in [2.45, 2.75) is 38.5 Å². The number of carbonyl (C=O) groups is 2. The molecule has 0 aliphatic rings. The van der Waals surface area contributed by atoms with Crippen LogP contribution in [0.4, 0.5) is 4.79 Å². The molecular formula is C15H20NO6-. The summed E-state index contributed by atoms with van der Waals surface area (Å²) < 4.78 is 10.0. The number of alkyl carbamates (subject to hydrolysis) is 1. The van der Waals surface area contributed by atoms with Crippen LogP contribution >= 0.6 is 0 Å². The van der Waals surface area contributed by atoms with Crippen molar-refractivity contribution in [2.75, 3.05) is 7.11 Å². The average Bonchev–Trinajstić information content (AvgIpc) is 2.41. The van der Waals surface area contributed by atoms with E-state index in [4.69, 9.17) is 9.47 Å². The maximum atomic E-state index is 11.7. The molecule has 2 atom stereocenters. The molecule has 1 rings (SSSR count). The van der Waals surface area contributed by atoms with E-state index in [1.54, 1.807) is 39.0 Å². The summed E-state index contributed by atoms with van der Waals surface area (Å²) >= 11 is 0. The van der Waals surface area contributed by atoms with Crippen molar-refractivity contribution in [1.82, 2.24) is 5.32 Å². The Hall–Kier alpha value is -2.28. The van der Waals surface area contributed by atoms with Crippen molar-refractivity contribution in [3.05, 3.63) is 29.8 Å². The van der Waals surface area contributed by atoms with E-state index in [2.05, 4.69) is 5.32 Å². The maximum Gasteiger partial charge on any atom is 0.408 e. The maximum absolute atomic E-state index is 11.7. The fourth-order valence-electron chi connectivity index (χ4n) is 1.79. The second kappa shape index (κ2) is 7.13. The number of methoxy groups -OCH3 is 1. The summed E-state index contributed by atoms with van der Waals surface area (Å²) in [6, 6.07) is 4.67. The van der Waals surface area contributed by atoms with Gasteiger partial charge in [0.05, 0.1) is 13.1 Å². The number of carboxylic acid groups (broad SMARTS) is 1. The van der Waals surface area contributed by atoms with E-state index in [0.717, 1.165) is 0 Å². The van der Waals surface area contributed by atoms with Crippen LogP contribution in [0.25, 0.3) is 0 Å². The first kappa shape index (κ1) is 17.8. The lowest BCUT2D eigenvalue weighted by Crippen LogP contribution is -2.52. The normalized spacial score (nSPS) is 13.9. The Kier molecular flexibility index (Phi) is 5.76. The Morgan fingerprint density at radius 3 is 2.36 bits per heavy atom. The van der Waals surface area contributed by atoms with E-state index in [1.807, 2.05) is 0 Å². The molecule has 7 nitrogen and oxygen atoms in total. The summed E-state index contributed by atoms with van der Waals surface area (Å²) in [7, 11) is 1.39. The van der Waals surface area contributed by atoms with Crippen LogP contribution in [0.3, 0.4) is 0 Å². The van der Waals surface area contributed by atoms with E-state index in [-0.39, 0.29) is 5.56 Å². The molecule has 2 N–H and O–H groups in total. The first-order valence-electron chi connectivity index (χ1n) is 6.67. The Balaban J connectivity index is 2.96.